The Kier molecular flexibility index (Phi) is 17.6. The molecule has 1 nitrogen and oxygen atoms in total. The molecule has 0 saturated heterocycles. The Morgan fingerprint density at radius 3 is 1.89 bits per heavy atom. The molecule has 2 heteroatoms. The third kappa shape index (κ3) is 16.3. The molecule has 0 saturated carbocycles. The van der Waals surface area contributed by atoms with Crippen LogP contribution in [-0.4, -0.2) is 24.7 Å². The van der Waals surface area contributed by atoms with E-state index >= 15 is 0 Å². The van der Waals surface area contributed by atoms with E-state index in [4.69, 9.17) is 4.74 Å². The number of ether oxygens (including phenoxy) is 1. The number of rotatable bonds is 15. The Labute approximate surface area is 119 Å². The minimum absolute atomic E-state index is 0.952. The van der Waals surface area contributed by atoms with Crippen molar-refractivity contribution in [1.29, 1.82) is 0 Å². The van der Waals surface area contributed by atoms with Crippen molar-refractivity contribution in [2.75, 3.05) is 24.7 Å². The molecule has 0 aliphatic rings. The van der Waals surface area contributed by atoms with Crippen LogP contribution < -0.4 is 0 Å². The van der Waals surface area contributed by atoms with Gasteiger partial charge in [-0.3, -0.25) is 0 Å². The monoisotopic (exact) mass is 274 g/mol. The fraction of sp³-hybridized carbons (Fsp3) is 1.00. The molecule has 0 spiro atoms. The zero-order chi connectivity index (χ0) is 13.3. The number of thioether (sulfide) groups is 1. The zero-order valence-electron chi connectivity index (χ0n) is 12.7. The molecule has 0 aromatic heterocycles. The van der Waals surface area contributed by atoms with Gasteiger partial charge in [0.05, 0.1) is 6.61 Å². The molecule has 0 amide bonds. The summed E-state index contributed by atoms with van der Waals surface area (Å²) in [4.78, 5) is 0. The lowest BCUT2D eigenvalue weighted by atomic mass is 10.2. The van der Waals surface area contributed by atoms with Crippen molar-refractivity contribution in [3.05, 3.63) is 0 Å². The quantitative estimate of drug-likeness (QED) is 0.355. The molecule has 110 valence electrons. The van der Waals surface area contributed by atoms with Crippen LogP contribution in [-0.2, 0) is 4.74 Å². The van der Waals surface area contributed by atoms with Crippen molar-refractivity contribution in [3.8, 4) is 0 Å². The molecule has 0 aliphatic carbocycles. The number of hydrogen-bond acceptors (Lipinski definition) is 2. The van der Waals surface area contributed by atoms with E-state index in [1.807, 2.05) is 0 Å². The second-order valence-electron chi connectivity index (χ2n) is 5.05. The van der Waals surface area contributed by atoms with Gasteiger partial charge in [0, 0.05) is 12.4 Å². The highest BCUT2D eigenvalue weighted by Crippen LogP contribution is 2.08. The molecule has 0 fully saturated rings. The van der Waals surface area contributed by atoms with Crippen LogP contribution in [0.3, 0.4) is 0 Å². The van der Waals surface area contributed by atoms with Crippen LogP contribution in [0.25, 0.3) is 0 Å². The van der Waals surface area contributed by atoms with Gasteiger partial charge in [-0.05, 0) is 18.6 Å². The van der Waals surface area contributed by atoms with Gasteiger partial charge in [-0.1, -0.05) is 65.2 Å². The van der Waals surface area contributed by atoms with Crippen LogP contribution in [0.2, 0.25) is 0 Å². The summed E-state index contributed by atoms with van der Waals surface area (Å²) in [7, 11) is 0. The third-order valence-corrected chi connectivity index (χ3v) is 4.19. The minimum atomic E-state index is 0.952. The summed E-state index contributed by atoms with van der Waals surface area (Å²) in [5.74, 6) is 2.51. The van der Waals surface area contributed by atoms with Crippen LogP contribution >= 0.6 is 11.8 Å². The summed E-state index contributed by atoms with van der Waals surface area (Å²) in [6, 6.07) is 0. The average molecular weight is 275 g/mol. The molecule has 0 unspecified atom stereocenters. The molecule has 0 heterocycles. The molecular formula is C16H34OS. The van der Waals surface area contributed by atoms with Gasteiger partial charge >= 0.3 is 0 Å². The summed E-state index contributed by atoms with van der Waals surface area (Å²) in [5.41, 5.74) is 0. The van der Waals surface area contributed by atoms with Crippen LogP contribution in [0.4, 0.5) is 0 Å². The van der Waals surface area contributed by atoms with E-state index in [1.54, 1.807) is 0 Å². The standard InChI is InChI=1S/C16H34OS/c1-3-5-7-9-11-13-17-14-16-18-15-12-10-8-6-4-2/h3-16H2,1-2H3. The summed E-state index contributed by atoms with van der Waals surface area (Å²) in [6.07, 6.45) is 13.7. The SMILES string of the molecule is CCCCCCCOCCSCCCCCCC. The van der Waals surface area contributed by atoms with Crippen molar-refractivity contribution >= 4 is 11.8 Å². The lowest BCUT2D eigenvalue weighted by molar-refractivity contribution is 0.145. The van der Waals surface area contributed by atoms with Gasteiger partial charge in [-0.2, -0.15) is 11.8 Å². The summed E-state index contributed by atoms with van der Waals surface area (Å²) in [5, 5.41) is 0. The van der Waals surface area contributed by atoms with Gasteiger partial charge in [0.25, 0.3) is 0 Å². The molecule has 0 bridgehead atoms. The smallest absolute Gasteiger partial charge is 0.0556 e. The predicted molar refractivity (Wildman–Crippen MR) is 85.7 cm³/mol. The molecule has 0 aromatic carbocycles. The van der Waals surface area contributed by atoms with Gasteiger partial charge in [-0.25, -0.2) is 0 Å². The maximum Gasteiger partial charge on any atom is 0.0556 e. The summed E-state index contributed by atoms with van der Waals surface area (Å²) >= 11 is 2.06. The van der Waals surface area contributed by atoms with Gasteiger partial charge in [0.15, 0.2) is 0 Å². The van der Waals surface area contributed by atoms with Crippen LogP contribution in [0.1, 0.15) is 78.1 Å². The summed E-state index contributed by atoms with van der Waals surface area (Å²) < 4.78 is 5.64. The molecular weight excluding hydrogens is 240 g/mol. The van der Waals surface area contributed by atoms with Crippen molar-refractivity contribution in [2.24, 2.45) is 0 Å². The van der Waals surface area contributed by atoms with E-state index in [2.05, 4.69) is 25.6 Å². The topological polar surface area (TPSA) is 9.23 Å². The Balaban J connectivity index is 2.86. The van der Waals surface area contributed by atoms with Crippen molar-refractivity contribution in [2.45, 2.75) is 78.1 Å². The summed E-state index contributed by atoms with van der Waals surface area (Å²) in [6.45, 7) is 6.46. The van der Waals surface area contributed by atoms with Crippen molar-refractivity contribution in [1.82, 2.24) is 0 Å². The molecule has 0 rings (SSSR count). The average Bonchev–Trinajstić information content (AvgIpc) is 2.39. The van der Waals surface area contributed by atoms with Gasteiger partial charge in [0.1, 0.15) is 0 Å². The van der Waals surface area contributed by atoms with Gasteiger partial charge < -0.3 is 4.74 Å². The predicted octanol–water partition coefficient (Wildman–Crippen LogP) is 5.68. The first-order chi connectivity index (χ1) is 8.91. The second-order valence-corrected chi connectivity index (χ2v) is 6.28. The molecule has 0 radical (unpaired) electrons. The number of hydrogen-bond donors (Lipinski definition) is 0. The first-order valence-corrected chi connectivity index (χ1v) is 9.22. The first kappa shape index (κ1) is 18.3. The highest BCUT2D eigenvalue weighted by atomic mass is 32.2. The largest absolute Gasteiger partial charge is 0.381 e. The highest BCUT2D eigenvalue weighted by Gasteiger charge is 1.93. The Bertz CT molecular complexity index is 123. The van der Waals surface area contributed by atoms with Crippen LogP contribution in [0.15, 0.2) is 0 Å². The fourth-order valence-corrected chi connectivity index (χ4v) is 2.79. The van der Waals surface area contributed by atoms with E-state index in [0.29, 0.717) is 0 Å². The maximum absolute atomic E-state index is 5.64. The molecule has 0 atom stereocenters. The van der Waals surface area contributed by atoms with Crippen LogP contribution in [0, 0.1) is 0 Å². The molecule has 0 aliphatic heterocycles. The lowest BCUT2D eigenvalue weighted by Crippen LogP contribution is -2.00. The van der Waals surface area contributed by atoms with E-state index < -0.39 is 0 Å². The van der Waals surface area contributed by atoms with Crippen molar-refractivity contribution < 1.29 is 4.74 Å². The molecule has 18 heavy (non-hydrogen) atoms. The van der Waals surface area contributed by atoms with E-state index in [-0.39, 0.29) is 0 Å². The van der Waals surface area contributed by atoms with E-state index in [9.17, 15) is 0 Å². The van der Waals surface area contributed by atoms with E-state index in [0.717, 1.165) is 13.2 Å². The van der Waals surface area contributed by atoms with Gasteiger partial charge in [-0.15, -0.1) is 0 Å². The lowest BCUT2D eigenvalue weighted by Gasteiger charge is -2.04. The zero-order valence-corrected chi connectivity index (χ0v) is 13.5. The Morgan fingerprint density at radius 2 is 1.22 bits per heavy atom. The highest BCUT2D eigenvalue weighted by molar-refractivity contribution is 7.99. The number of unbranched alkanes of at least 4 members (excludes halogenated alkanes) is 8. The molecule has 0 N–H and O–H groups in total. The van der Waals surface area contributed by atoms with Crippen molar-refractivity contribution in [3.63, 3.8) is 0 Å². The second kappa shape index (κ2) is 17.3. The normalized spacial score (nSPS) is 11.0. The van der Waals surface area contributed by atoms with E-state index in [1.165, 1.54) is 75.7 Å². The van der Waals surface area contributed by atoms with Gasteiger partial charge in [0.2, 0.25) is 0 Å². The fourth-order valence-electron chi connectivity index (χ4n) is 1.94. The Morgan fingerprint density at radius 1 is 0.611 bits per heavy atom. The first-order valence-electron chi connectivity index (χ1n) is 8.07. The van der Waals surface area contributed by atoms with Crippen LogP contribution in [0.5, 0.6) is 0 Å². The molecule has 0 aromatic rings. The minimum Gasteiger partial charge on any atom is -0.381 e. The Hall–Kier alpha value is 0.310. The maximum atomic E-state index is 5.64. The third-order valence-electron chi connectivity index (χ3n) is 3.16.